The molecule has 6 heteroatoms. The fourth-order valence-corrected chi connectivity index (χ4v) is 3.01. The van der Waals surface area contributed by atoms with Gasteiger partial charge in [0.15, 0.2) is 0 Å². The molecule has 1 aliphatic heterocycles. The third-order valence-electron chi connectivity index (χ3n) is 4.46. The zero-order chi connectivity index (χ0) is 17.7. The third-order valence-corrected chi connectivity index (χ3v) is 4.46. The molecule has 0 unspecified atom stereocenters. The van der Waals surface area contributed by atoms with Crippen molar-refractivity contribution in [1.29, 1.82) is 0 Å². The number of amides is 2. The number of anilines is 1. The van der Waals surface area contributed by atoms with Gasteiger partial charge in [-0.15, -0.1) is 0 Å². The standard InChI is InChI=1S/C18H24N2O4/c1-12-3-5-15(11-16(12)19-13(2)21)18(24)20-9-7-14(8-10-20)4-6-17(22)23/h3,5,11,14H,4,6-10H2,1-2H3,(H,19,21)(H,22,23). The summed E-state index contributed by atoms with van der Waals surface area (Å²) in [7, 11) is 0. The van der Waals surface area contributed by atoms with E-state index in [1.165, 1.54) is 6.92 Å². The number of carbonyl (C=O) groups excluding carboxylic acids is 2. The molecule has 1 saturated heterocycles. The lowest BCUT2D eigenvalue weighted by atomic mass is 9.92. The highest BCUT2D eigenvalue weighted by atomic mass is 16.4. The van der Waals surface area contributed by atoms with Crippen LogP contribution in [0, 0.1) is 12.8 Å². The molecule has 2 N–H and O–H groups in total. The topological polar surface area (TPSA) is 86.7 Å². The first-order valence-electron chi connectivity index (χ1n) is 8.26. The van der Waals surface area contributed by atoms with E-state index in [-0.39, 0.29) is 18.2 Å². The lowest BCUT2D eigenvalue weighted by Crippen LogP contribution is -2.38. The quantitative estimate of drug-likeness (QED) is 0.868. The molecule has 2 amide bonds. The Morgan fingerprint density at radius 2 is 1.92 bits per heavy atom. The van der Waals surface area contributed by atoms with Gasteiger partial charge in [0.1, 0.15) is 0 Å². The largest absolute Gasteiger partial charge is 0.481 e. The van der Waals surface area contributed by atoms with E-state index in [2.05, 4.69) is 5.32 Å². The number of nitrogens with one attached hydrogen (secondary N) is 1. The first-order valence-corrected chi connectivity index (χ1v) is 8.26. The fraction of sp³-hybridized carbons (Fsp3) is 0.500. The molecule has 1 aliphatic rings. The summed E-state index contributed by atoms with van der Waals surface area (Å²) in [6, 6.07) is 5.33. The van der Waals surface area contributed by atoms with E-state index in [9.17, 15) is 14.4 Å². The number of piperidine rings is 1. The molecular formula is C18H24N2O4. The van der Waals surface area contributed by atoms with Crippen molar-refractivity contribution in [2.24, 2.45) is 5.92 Å². The first-order chi connectivity index (χ1) is 11.4. The summed E-state index contributed by atoms with van der Waals surface area (Å²) in [5.41, 5.74) is 2.13. The number of hydrogen-bond acceptors (Lipinski definition) is 3. The second-order valence-corrected chi connectivity index (χ2v) is 6.38. The van der Waals surface area contributed by atoms with Crippen LogP contribution in [0.5, 0.6) is 0 Å². The summed E-state index contributed by atoms with van der Waals surface area (Å²) < 4.78 is 0. The van der Waals surface area contributed by atoms with Crippen molar-refractivity contribution < 1.29 is 19.5 Å². The molecule has 6 nitrogen and oxygen atoms in total. The number of benzene rings is 1. The average Bonchev–Trinajstić information content (AvgIpc) is 2.54. The Bertz CT molecular complexity index is 634. The van der Waals surface area contributed by atoms with Gasteiger partial charge < -0.3 is 15.3 Å². The number of aryl methyl sites for hydroxylation is 1. The molecule has 1 fully saturated rings. The number of carboxylic acids is 1. The van der Waals surface area contributed by atoms with E-state index in [4.69, 9.17) is 5.11 Å². The number of aliphatic carboxylic acids is 1. The van der Waals surface area contributed by atoms with Gasteiger partial charge in [0.2, 0.25) is 5.91 Å². The molecule has 1 heterocycles. The van der Waals surface area contributed by atoms with Crippen LogP contribution in [-0.2, 0) is 9.59 Å². The van der Waals surface area contributed by atoms with Crippen LogP contribution in [0.2, 0.25) is 0 Å². The van der Waals surface area contributed by atoms with Crippen molar-refractivity contribution in [3.8, 4) is 0 Å². The van der Waals surface area contributed by atoms with Crippen LogP contribution in [0.25, 0.3) is 0 Å². The summed E-state index contributed by atoms with van der Waals surface area (Å²) in [5, 5.41) is 11.5. The second-order valence-electron chi connectivity index (χ2n) is 6.38. The number of carboxylic acid groups (broad SMARTS) is 1. The minimum atomic E-state index is -0.765. The lowest BCUT2D eigenvalue weighted by molar-refractivity contribution is -0.137. The smallest absolute Gasteiger partial charge is 0.303 e. The molecule has 0 atom stereocenters. The predicted octanol–water partition coefficient (Wildman–Crippen LogP) is 2.67. The molecule has 1 aromatic rings. The third kappa shape index (κ3) is 4.81. The van der Waals surface area contributed by atoms with Crippen LogP contribution in [0.15, 0.2) is 18.2 Å². The van der Waals surface area contributed by atoms with Gasteiger partial charge in [0, 0.05) is 37.7 Å². The van der Waals surface area contributed by atoms with E-state index >= 15 is 0 Å². The van der Waals surface area contributed by atoms with Gasteiger partial charge in [0.05, 0.1) is 0 Å². The van der Waals surface area contributed by atoms with Crippen molar-refractivity contribution >= 4 is 23.5 Å². The molecule has 0 saturated carbocycles. The minimum absolute atomic E-state index is 0.0433. The molecular weight excluding hydrogens is 308 g/mol. The number of nitrogens with zero attached hydrogens (tertiary/aromatic N) is 1. The number of hydrogen-bond donors (Lipinski definition) is 2. The van der Waals surface area contributed by atoms with Crippen LogP contribution >= 0.6 is 0 Å². The van der Waals surface area contributed by atoms with Gasteiger partial charge in [-0.05, 0) is 49.8 Å². The fourth-order valence-electron chi connectivity index (χ4n) is 3.01. The van der Waals surface area contributed by atoms with Gasteiger partial charge >= 0.3 is 5.97 Å². The number of carbonyl (C=O) groups is 3. The van der Waals surface area contributed by atoms with Gasteiger partial charge in [-0.3, -0.25) is 14.4 Å². The maximum Gasteiger partial charge on any atom is 0.303 e. The Labute approximate surface area is 141 Å². The Kier molecular flexibility index (Phi) is 5.95. The van der Waals surface area contributed by atoms with Crippen molar-refractivity contribution in [3.05, 3.63) is 29.3 Å². The zero-order valence-electron chi connectivity index (χ0n) is 14.2. The Balaban J connectivity index is 1.97. The van der Waals surface area contributed by atoms with Crippen molar-refractivity contribution in [3.63, 3.8) is 0 Å². The Morgan fingerprint density at radius 1 is 1.25 bits per heavy atom. The summed E-state index contributed by atoms with van der Waals surface area (Å²) in [6.07, 6.45) is 2.54. The zero-order valence-corrected chi connectivity index (χ0v) is 14.2. The van der Waals surface area contributed by atoms with Gasteiger partial charge in [-0.25, -0.2) is 0 Å². The van der Waals surface area contributed by atoms with Crippen LogP contribution in [0.1, 0.15) is 48.5 Å². The van der Waals surface area contributed by atoms with Gasteiger partial charge in [-0.2, -0.15) is 0 Å². The monoisotopic (exact) mass is 332 g/mol. The van der Waals surface area contributed by atoms with E-state index in [0.717, 1.165) is 18.4 Å². The van der Waals surface area contributed by atoms with Gasteiger partial charge in [-0.1, -0.05) is 6.07 Å². The van der Waals surface area contributed by atoms with Crippen LogP contribution in [0.3, 0.4) is 0 Å². The Morgan fingerprint density at radius 3 is 2.50 bits per heavy atom. The molecule has 0 radical (unpaired) electrons. The van der Waals surface area contributed by atoms with E-state index in [0.29, 0.717) is 36.7 Å². The van der Waals surface area contributed by atoms with Crippen molar-refractivity contribution in [2.75, 3.05) is 18.4 Å². The molecule has 0 bridgehead atoms. The number of rotatable bonds is 5. The Hall–Kier alpha value is -2.37. The average molecular weight is 332 g/mol. The van der Waals surface area contributed by atoms with Crippen molar-refractivity contribution in [2.45, 2.75) is 39.5 Å². The molecule has 0 spiro atoms. The molecule has 24 heavy (non-hydrogen) atoms. The van der Waals surface area contributed by atoms with E-state index in [1.54, 1.807) is 17.0 Å². The molecule has 1 aromatic carbocycles. The molecule has 130 valence electrons. The molecule has 0 aromatic heterocycles. The predicted molar refractivity (Wildman–Crippen MR) is 91.0 cm³/mol. The molecule has 0 aliphatic carbocycles. The highest BCUT2D eigenvalue weighted by molar-refractivity contribution is 5.97. The highest BCUT2D eigenvalue weighted by Crippen LogP contribution is 2.24. The molecule has 2 rings (SSSR count). The first kappa shape index (κ1) is 18.0. The summed E-state index contributed by atoms with van der Waals surface area (Å²) in [4.78, 5) is 36.3. The van der Waals surface area contributed by atoms with E-state index in [1.807, 2.05) is 13.0 Å². The second kappa shape index (κ2) is 7.95. The lowest BCUT2D eigenvalue weighted by Gasteiger charge is -2.32. The van der Waals surface area contributed by atoms with Crippen LogP contribution in [-0.4, -0.2) is 40.9 Å². The summed E-state index contributed by atoms with van der Waals surface area (Å²) in [5.74, 6) is -0.600. The maximum absolute atomic E-state index is 12.6. The summed E-state index contributed by atoms with van der Waals surface area (Å²) >= 11 is 0. The van der Waals surface area contributed by atoms with Crippen LogP contribution in [0.4, 0.5) is 5.69 Å². The highest BCUT2D eigenvalue weighted by Gasteiger charge is 2.24. The SMILES string of the molecule is CC(=O)Nc1cc(C(=O)N2CCC(CCC(=O)O)CC2)ccc1C. The summed E-state index contributed by atoms with van der Waals surface area (Å²) in [6.45, 7) is 4.61. The minimum Gasteiger partial charge on any atom is -0.481 e. The normalized spacial score (nSPS) is 15.2. The van der Waals surface area contributed by atoms with Crippen LogP contribution < -0.4 is 5.32 Å². The van der Waals surface area contributed by atoms with Crippen molar-refractivity contribution in [1.82, 2.24) is 4.90 Å². The van der Waals surface area contributed by atoms with Gasteiger partial charge in [0.25, 0.3) is 5.91 Å². The van der Waals surface area contributed by atoms with E-state index < -0.39 is 5.97 Å². The maximum atomic E-state index is 12.6. The number of likely N-dealkylation sites (tertiary alicyclic amines) is 1.